The van der Waals surface area contributed by atoms with Gasteiger partial charge in [0.05, 0.1) is 17.5 Å². The molecule has 0 aliphatic carbocycles. The highest BCUT2D eigenvalue weighted by Crippen LogP contribution is 2.21. The molecule has 0 amide bonds. The number of fused-ring (bicyclic) bond motifs is 1. The van der Waals surface area contributed by atoms with Crippen LogP contribution in [0.2, 0.25) is 0 Å². The molecular weight excluding hydrogens is 296 g/mol. The maximum atomic E-state index is 10.8. The summed E-state index contributed by atoms with van der Waals surface area (Å²) in [5, 5.41) is 9.53. The Bertz CT molecular complexity index is 898. The van der Waals surface area contributed by atoms with Gasteiger partial charge < -0.3 is 21.6 Å². The summed E-state index contributed by atoms with van der Waals surface area (Å²) in [6, 6.07) is 6.56. The number of hydrogen-bond donors (Lipinski definition) is 4. The van der Waals surface area contributed by atoms with Crippen LogP contribution in [0.5, 0.6) is 0 Å². The topological polar surface area (TPSA) is 143 Å². The van der Waals surface area contributed by atoms with E-state index in [1.54, 1.807) is 36.7 Å². The van der Waals surface area contributed by atoms with E-state index in [1.165, 1.54) is 0 Å². The average molecular weight is 310 g/mol. The summed E-state index contributed by atoms with van der Waals surface area (Å²) in [6.07, 6.45) is 3.39. The molecule has 0 bridgehead atoms. The summed E-state index contributed by atoms with van der Waals surface area (Å²) < 4.78 is 0. The Morgan fingerprint density at radius 1 is 1.26 bits per heavy atom. The highest BCUT2D eigenvalue weighted by molar-refractivity contribution is 6.03. The Labute approximate surface area is 130 Å². The van der Waals surface area contributed by atoms with E-state index in [-0.39, 0.29) is 11.5 Å². The second kappa shape index (κ2) is 5.76. The van der Waals surface area contributed by atoms with Crippen LogP contribution in [0.4, 0.5) is 11.8 Å². The molecule has 0 saturated carbocycles. The van der Waals surface area contributed by atoms with E-state index in [9.17, 15) is 4.79 Å². The van der Waals surface area contributed by atoms with Crippen LogP contribution in [0.15, 0.2) is 35.5 Å². The number of hydrogen-bond acceptors (Lipinski definition) is 6. The quantitative estimate of drug-likeness (QED) is 0.537. The second-order valence-corrected chi connectivity index (χ2v) is 4.91. The number of aromatic amines is 1. The summed E-state index contributed by atoms with van der Waals surface area (Å²) >= 11 is 0. The van der Waals surface area contributed by atoms with Gasteiger partial charge in [0.25, 0.3) is 0 Å². The molecule has 6 N–H and O–H groups in total. The molecule has 0 unspecified atom stereocenters. The first kappa shape index (κ1) is 14.5. The fraction of sp³-hybridized carbons (Fsp3) is 0.0667. The zero-order valence-electron chi connectivity index (χ0n) is 12.0. The fourth-order valence-corrected chi connectivity index (χ4v) is 2.21. The first-order valence-electron chi connectivity index (χ1n) is 6.76. The van der Waals surface area contributed by atoms with E-state index in [4.69, 9.17) is 16.6 Å². The smallest absolute Gasteiger partial charge is 0.335 e. The first-order chi connectivity index (χ1) is 11.0. The molecule has 0 spiro atoms. The minimum Gasteiger partial charge on any atom is -0.478 e. The van der Waals surface area contributed by atoms with Gasteiger partial charge in [-0.25, -0.2) is 4.79 Å². The molecule has 8 heteroatoms. The molecule has 1 aromatic carbocycles. The molecule has 0 saturated heterocycles. The van der Waals surface area contributed by atoms with Gasteiger partial charge in [0.1, 0.15) is 11.5 Å². The van der Waals surface area contributed by atoms with E-state index in [1.807, 2.05) is 0 Å². The molecule has 3 rings (SSSR count). The molecule has 0 fully saturated rings. The van der Waals surface area contributed by atoms with E-state index < -0.39 is 5.97 Å². The lowest BCUT2D eigenvalue weighted by Gasteiger charge is -1.99. The molecule has 23 heavy (non-hydrogen) atoms. The van der Waals surface area contributed by atoms with Crippen LogP contribution in [0.1, 0.15) is 21.5 Å². The minimum absolute atomic E-state index is 0.110. The Kier molecular flexibility index (Phi) is 3.63. The van der Waals surface area contributed by atoms with Gasteiger partial charge in [-0.05, 0) is 17.7 Å². The SMILES string of the molecule is Nc1nc(N)c2c(C=NCc3ccc(C(=O)O)cc3)c[nH]c2n1. The van der Waals surface area contributed by atoms with Crippen LogP contribution in [-0.4, -0.2) is 32.2 Å². The predicted octanol–water partition coefficient (Wildman–Crippen LogP) is 1.44. The number of nitrogens with two attached hydrogens (primary N) is 2. The van der Waals surface area contributed by atoms with Crippen LogP contribution in [0.3, 0.4) is 0 Å². The zero-order valence-corrected chi connectivity index (χ0v) is 12.0. The number of benzene rings is 1. The molecule has 0 atom stereocenters. The molecule has 116 valence electrons. The van der Waals surface area contributed by atoms with Crippen molar-refractivity contribution in [3.05, 3.63) is 47.2 Å². The van der Waals surface area contributed by atoms with Gasteiger partial charge in [-0.15, -0.1) is 0 Å². The average Bonchev–Trinajstić information content (AvgIpc) is 2.91. The van der Waals surface area contributed by atoms with E-state index in [2.05, 4.69) is 19.9 Å². The monoisotopic (exact) mass is 310 g/mol. The van der Waals surface area contributed by atoms with Crippen LogP contribution < -0.4 is 11.5 Å². The Morgan fingerprint density at radius 3 is 2.70 bits per heavy atom. The van der Waals surface area contributed by atoms with Gasteiger partial charge in [-0.1, -0.05) is 12.1 Å². The summed E-state index contributed by atoms with van der Waals surface area (Å²) in [5.74, 6) is -0.548. The van der Waals surface area contributed by atoms with Gasteiger partial charge in [0.2, 0.25) is 5.95 Å². The third-order valence-corrected chi connectivity index (χ3v) is 3.31. The van der Waals surface area contributed by atoms with Crippen LogP contribution in [0, 0.1) is 0 Å². The number of carbonyl (C=O) groups is 1. The molecule has 0 radical (unpaired) electrons. The van der Waals surface area contributed by atoms with Gasteiger partial charge >= 0.3 is 5.97 Å². The number of carboxylic acid groups (broad SMARTS) is 1. The number of nitrogens with zero attached hydrogens (tertiary/aromatic N) is 3. The van der Waals surface area contributed by atoms with Crippen molar-refractivity contribution in [3.8, 4) is 0 Å². The number of aromatic nitrogens is 3. The second-order valence-electron chi connectivity index (χ2n) is 4.91. The summed E-state index contributed by atoms with van der Waals surface area (Å²) in [6.45, 7) is 0.419. The first-order valence-corrected chi connectivity index (χ1v) is 6.76. The lowest BCUT2D eigenvalue weighted by Crippen LogP contribution is -2.00. The highest BCUT2D eigenvalue weighted by Gasteiger charge is 2.09. The van der Waals surface area contributed by atoms with E-state index >= 15 is 0 Å². The molecule has 3 aromatic rings. The Hall–Kier alpha value is -3.42. The van der Waals surface area contributed by atoms with E-state index in [0.29, 0.717) is 23.4 Å². The number of aliphatic imine (C=N–C) groups is 1. The molecule has 2 heterocycles. The maximum Gasteiger partial charge on any atom is 0.335 e. The standard InChI is InChI=1S/C15H14N6O2/c16-12-11-10(7-19-13(11)21-15(17)20-12)6-18-5-8-1-3-9(4-2-8)14(22)23/h1-4,6-7H,5H2,(H,22,23)(H5,16,17,19,20,21). The highest BCUT2D eigenvalue weighted by atomic mass is 16.4. The predicted molar refractivity (Wildman–Crippen MR) is 87.4 cm³/mol. The van der Waals surface area contributed by atoms with Gasteiger partial charge in [0.15, 0.2) is 0 Å². The zero-order chi connectivity index (χ0) is 16.4. The van der Waals surface area contributed by atoms with Crippen molar-refractivity contribution in [1.82, 2.24) is 15.0 Å². The third-order valence-electron chi connectivity index (χ3n) is 3.31. The summed E-state index contributed by atoms with van der Waals surface area (Å²) in [7, 11) is 0. The lowest BCUT2D eigenvalue weighted by molar-refractivity contribution is 0.0697. The van der Waals surface area contributed by atoms with Gasteiger partial charge in [0, 0.05) is 18.0 Å². The summed E-state index contributed by atoms with van der Waals surface area (Å²) in [5.41, 5.74) is 13.9. The Balaban J connectivity index is 1.79. The molecule has 8 nitrogen and oxygen atoms in total. The maximum absolute atomic E-state index is 10.8. The molecule has 0 aliphatic heterocycles. The number of anilines is 2. The summed E-state index contributed by atoms with van der Waals surface area (Å²) in [4.78, 5) is 26.1. The largest absolute Gasteiger partial charge is 0.478 e. The number of nitrogens with one attached hydrogen (secondary N) is 1. The normalized spacial score (nSPS) is 11.3. The van der Waals surface area contributed by atoms with Crippen LogP contribution in [-0.2, 0) is 6.54 Å². The third kappa shape index (κ3) is 2.95. The van der Waals surface area contributed by atoms with Gasteiger partial charge in [-0.2, -0.15) is 9.97 Å². The van der Waals surface area contributed by atoms with Crippen molar-refractivity contribution in [1.29, 1.82) is 0 Å². The number of H-pyrrole nitrogens is 1. The number of carboxylic acids is 1. The number of rotatable bonds is 4. The van der Waals surface area contributed by atoms with Crippen molar-refractivity contribution >= 4 is 35.0 Å². The van der Waals surface area contributed by atoms with Gasteiger partial charge in [-0.3, -0.25) is 4.99 Å². The minimum atomic E-state index is -0.950. The van der Waals surface area contributed by atoms with Crippen molar-refractivity contribution in [2.24, 2.45) is 4.99 Å². The van der Waals surface area contributed by atoms with Crippen molar-refractivity contribution in [2.45, 2.75) is 6.54 Å². The Morgan fingerprint density at radius 2 is 2.00 bits per heavy atom. The lowest BCUT2D eigenvalue weighted by atomic mass is 10.1. The molecule has 2 aromatic heterocycles. The molecule has 0 aliphatic rings. The van der Waals surface area contributed by atoms with Crippen LogP contribution >= 0.6 is 0 Å². The number of nitrogen functional groups attached to an aromatic ring is 2. The number of aromatic carboxylic acids is 1. The van der Waals surface area contributed by atoms with Crippen molar-refractivity contribution < 1.29 is 9.90 Å². The van der Waals surface area contributed by atoms with Crippen molar-refractivity contribution in [2.75, 3.05) is 11.5 Å². The molecular formula is C15H14N6O2. The van der Waals surface area contributed by atoms with Crippen molar-refractivity contribution in [3.63, 3.8) is 0 Å². The van der Waals surface area contributed by atoms with Crippen LogP contribution in [0.25, 0.3) is 11.0 Å². The fourth-order valence-electron chi connectivity index (χ4n) is 2.21. The van der Waals surface area contributed by atoms with E-state index in [0.717, 1.165) is 11.1 Å².